The van der Waals surface area contributed by atoms with Gasteiger partial charge in [0.15, 0.2) is 0 Å². The Morgan fingerprint density at radius 2 is 1.69 bits per heavy atom. The van der Waals surface area contributed by atoms with Crippen molar-refractivity contribution in [2.24, 2.45) is 7.05 Å². The lowest BCUT2D eigenvalue weighted by Crippen LogP contribution is -2.53. The van der Waals surface area contributed by atoms with Crippen LogP contribution in [-0.4, -0.2) is 39.0 Å². The number of ether oxygens (including phenoxy) is 1. The topological polar surface area (TPSA) is 63.5 Å². The molecule has 3 heterocycles. The number of halogens is 3. The molecule has 1 amide bonds. The maximum atomic E-state index is 14.6. The number of fused-ring (bicyclic) bond motifs is 2. The quantitative estimate of drug-likeness (QED) is 0.280. The molecule has 0 N–H and O–H groups in total. The molecule has 1 spiro atoms. The molecule has 6 rings (SSSR count). The van der Waals surface area contributed by atoms with E-state index in [-0.39, 0.29) is 31.0 Å². The van der Waals surface area contributed by atoms with Crippen molar-refractivity contribution in [3.05, 3.63) is 107 Å². The van der Waals surface area contributed by atoms with Gasteiger partial charge in [0.25, 0.3) is 0 Å². The number of benzene rings is 3. The fourth-order valence-electron chi connectivity index (χ4n) is 6.59. The molecule has 42 heavy (non-hydrogen) atoms. The summed E-state index contributed by atoms with van der Waals surface area (Å²) in [6.07, 6.45) is -2.04. The molecule has 0 radical (unpaired) electrons. The molecule has 10 heteroatoms. The summed E-state index contributed by atoms with van der Waals surface area (Å²) in [6, 6.07) is 20.6. The van der Waals surface area contributed by atoms with Crippen LogP contribution in [0, 0.1) is 0 Å². The maximum Gasteiger partial charge on any atom is 0.416 e. The Kier molecular flexibility index (Phi) is 7.04. The molecule has 0 saturated carbocycles. The monoisotopic (exact) mass is 575 g/mol. The highest BCUT2D eigenvalue weighted by molar-refractivity contribution is 6.08. The fourth-order valence-corrected chi connectivity index (χ4v) is 6.59. The highest BCUT2D eigenvalue weighted by atomic mass is 19.4. The van der Waals surface area contributed by atoms with E-state index < -0.39 is 17.2 Å². The molecule has 1 fully saturated rings. The van der Waals surface area contributed by atoms with Crippen molar-refractivity contribution in [2.75, 3.05) is 12.0 Å². The summed E-state index contributed by atoms with van der Waals surface area (Å²) in [7, 11) is 3.36. The molecule has 2 aliphatic rings. The number of anilines is 1. The van der Waals surface area contributed by atoms with Crippen molar-refractivity contribution in [3.8, 4) is 5.75 Å². The summed E-state index contributed by atoms with van der Waals surface area (Å²) >= 11 is 0. The van der Waals surface area contributed by atoms with Gasteiger partial charge in [0.1, 0.15) is 5.75 Å². The predicted octanol–water partition coefficient (Wildman–Crippen LogP) is 6.05. The van der Waals surface area contributed by atoms with Crippen LogP contribution in [0.25, 0.3) is 0 Å². The molecule has 4 aromatic rings. The number of piperidine rings is 1. The van der Waals surface area contributed by atoms with Gasteiger partial charge in [0.05, 0.1) is 36.4 Å². The Labute approximate surface area is 242 Å². The molecule has 3 atom stereocenters. The van der Waals surface area contributed by atoms with Gasteiger partial charge in [-0.2, -0.15) is 13.2 Å². The number of carbonyl (C=O) groups is 1. The standard InChI is InChI=1S/C32H32F3N5O2/c1-21-16-31(17-29(27-20-38(2)37-36-27)39(21)18-22-7-5-4-6-8-22)26-15-24(32(33,34)35)11-14-28(26)40(30(31)41)19-23-9-12-25(42-3)13-10-23/h4-15,20-21,29H,16-19H2,1-3H3/t21-,29-,31-/m0/s1. The number of aromatic nitrogens is 3. The summed E-state index contributed by atoms with van der Waals surface area (Å²) in [6.45, 7) is 2.89. The summed E-state index contributed by atoms with van der Waals surface area (Å²) in [4.78, 5) is 18.5. The van der Waals surface area contributed by atoms with Gasteiger partial charge in [-0.1, -0.05) is 47.7 Å². The number of carbonyl (C=O) groups excluding carboxylic acids is 1. The van der Waals surface area contributed by atoms with Gasteiger partial charge in [-0.15, -0.1) is 5.10 Å². The maximum absolute atomic E-state index is 14.6. The SMILES string of the molecule is COc1ccc(CN2C(=O)[C@]3(C[C@H](C)N(Cc4ccccc4)[C@H](c4cn(C)nn4)C3)c3cc(C(F)(F)F)ccc32)cc1. The zero-order valence-electron chi connectivity index (χ0n) is 23.7. The van der Waals surface area contributed by atoms with Gasteiger partial charge in [-0.25, -0.2) is 0 Å². The second kappa shape index (κ2) is 10.6. The normalized spacial score (nSPS) is 22.5. The van der Waals surface area contributed by atoms with Gasteiger partial charge in [-0.3, -0.25) is 14.4 Å². The summed E-state index contributed by atoms with van der Waals surface area (Å²) in [5.41, 5.74) is 1.68. The lowest BCUT2D eigenvalue weighted by atomic mass is 9.68. The number of rotatable bonds is 6. The third kappa shape index (κ3) is 4.93. The van der Waals surface area contributed by atoms with E-state index in [2.05, 4.69) is 15.2 Å². The van der Waals surface area contributed by atoms with Crippen molar-refractivity contribution >= 4 is 11.6 Å². The number of hydrogen-bond donors (Lipinski definition) is 0. The first-order valence-electron chi connectivity index (χ1n) is 13.9. The average Bonchev–Trinajstić information content (AvgIpc) is 3.50. The van der Waals surface area contributed by atoms with E-state index >= 15 is 0 Å². The largest absolute Gasteiger partial charge is 0.497 e. The van der Waals surface area contributed by atoms with Crippen LogP contribution >= 0.6 is 0 Å². The van der Waals surface area contributed by atoms with Gasteiger partial charge in [0.2, 0.25) is 5.91 Å². The predicted molar refractivity (Wildman–Crippen MR) is 152 cm³/mol. The van der Waals surface area contributed by atoms with Gasteiger partial charge in [0, 0.05) is 31.5 Å². The van der Waals surface area contributed by atoms with Crippen LogP contribution in [0.1, 0.15) is 53.8 Å². The average molecular weight is 576 g/mol. The number of hydrogen-bond acceptors (Lipinski definition) is 5. The molecule has 7 nitrogen and oxygen atoms in total. The van der Waals surface area contributed by atoms with E-state index in [1.807, 2.05) is 67.7 Å². The van der Waals surface area contributed by atoms with E-state index in [0.717, 1.165) is 17.2 Å². The molecular formula is C32H32F3N5O2. The smallest absolute Gasteiger partial charge is 0.416 e. The van der Waals surface area contributed by atoms with Crippen LogP contribution in [0.4, 0.5) is 18.9 Å². The molecular weight excluding hydrogens is 543 g/mol. The molecule has 2 aliphatic heterocycles. The Morgan fingerprint density at radius 3 is 2.33 bits per heavy atom. The lowest BCUT2D eigenvalue weighted by molar-refractivity contribution is -0.138. The third-order valence-electron chi connectivity index (χ3n) is 8.61. The van der Waals surface area contributed by atoms with E-state index in [4.69, 9.17) is 4.74 Å². The molecule has 218 valence electrons. The summed E-state index contributed by atoms with van der Waals surface area (Å²) in [5.74, 6) is 0.498. The minimum atomic E-state index is -4.54. The van der Waals surface area contributed by atoms with Gasteiger partial charge < -0.3 is 9.64 Å². The molecule has 1 aromatic heterocycles. The van der Waals surface area contributed by atoms with E-state index in [1.54, 1.807) is 23.7 Å². The number of likely N-dealkylation sites (tertiary alicyclic amines) is 1. The van der Waals surface area contributed by atoms with Crippen LogP contribution in [0.3, 0.4) is 0 Å². The number of nitrogens with zero attached hydrogens (tertiary/aromatic N) is 5. The summed E-state index contributed by atoms with van der Waals surface area (Å²) < 4.78 is 48.9. The van der Waals surface area contributed by atoms with Crippen LogP contribution in [0.2, 0.25) is 0 Å². The van der Waals surface area contributed by atoms with Crippen LogP contribution in [0.15, 0.2) is 79.0 Å². The second-order valence-corrected chi connectivity index (χ2v) is 11.3. The third-order valence-corrected chi connectivity index (χ3v) is 8.61. The molecule has 3 aromatic carbocycles. The first kappa shape index (κ1) is 28.0. The number of methoxy groups -OCH3 is 1. The molecule has 0 unspecified atom stereocenters. The molecule has 1 saturated heterocycles. The number of aryl methyl sites for hydroxylation is 1. The summed E-state index contributed by atoms with van der Waals surface area (Å²) in [5, 5.41) is 8.57. The zero-order valence-corrected chi connectivity index (χ0v) is 23.7. The lowest BCUT2D eigenvalue weighted by Gasteiger charge is -2.47. The minimum absolute atomic E-state index is 0.141. The van der Waals surface area contributed by atoms with E-state index in [1.165, 1.54) is 12.1 Å². The Balaban J connectivity index is 1.45. The molecule has 0 aliphatic carbocycles. The highest BCUT2D eigenvalue weighted by Gasteiger charge is 2.57. The van der Waals surface area contributed by atoms with Crippen molar-refractivity contribution < 1.29 is 22.7 Å². The second-order valence-electron chi connectivity index (χ2n) is 11.3. The first-order valence-corrected chi connectivity index (χ1v) is 13.9. The zero-order chi connectivity index (χ0) is 29.6. The van der Waals surface area contributed by atoms with Crippen molar-refractivity contribution in [1.82, 2.24) is 19.9 Å². The minimum Gasteiger partial charge on any atom is -0.497 e. The molecule has 0 bridgehead atoms. The Bertz CT molecular complexity index is 1590. The highest BCUT2D eigenvalue weighted by Crippen LogP contribution is 2.55. The fraction of sp³-hybridized carbons (Fsp3) is 0.344. The van der Waals surface area contributed by atoms with Crippen LogP contribution in [-0.2, 0) is 36.5 Å². The van der Waals surface area contributed by atoms with Crippen molar-refractivity contribution in [2.45, 2.75) is 56.5 Å². The van der Waals surface area contributed by atoms with E-state index in [9.17, 15) is 18.0 Å². The van der Waals surface area contributed by atoms with Crippen molar-refractivity contribution in [1.29, 1.82) is 0 Å². The number of amides is 1. The van der Waals surface area contributed by atoms with Crippen molar-refractivity contribution in [3.63, 3.8) is 0 Å². The van der Waals surface area contributed by atoms with Gasteiger partial charge >= 0.3 is 6.18 Å². The van der Waals surface area contributed by atoms with E-state index in [0.29, 0.717) is 35.7 Å². The van der Waals surface area contributed by atoms with Crippen LogP contribution in [0.5, 0.6) is 5.75 Å². The Hall–Kier alpha value is -4.18. The Morgan fingerprint density at radius 1 is 0.976 bits per heavy atom. The first-order chi connectivity index (χ1) is 20.1. The van der Waals surface area contributed by atoms with Crippen LogP contribution < -0.4 is 9.64 Å². The number of alkyl halides is 3. The van der Waals surface area contributed by atoms with Gasteiger partial charge in [-0.05, 0) is 66.8 Å².